The van der Waals surface area contributed by atoms with Crippen molar-refractivity contribution in [3.05, 3.63) is 35.4 Å². The molecule has 3 atom stereocenters. The molecule has 0 aliphatic rings. The Labute approximate surface area is 135 Å². The summed E-state index contributed by atoms with van der Waals surface area (Å²) in [5, 5.41) is 10.6. The zero-order chi connectivity index (χ0) is 17.0. The summed E-state index contributed by atoms with van der Waals surface area (Å²) in [5.74, 6) is -0.236. The number of aryl methyl sites for hydroxylation is 1. The Balaban J connectivity index is 2.88. The Bertz CT molecular complexity index is 471. The van der Waals surface area contributed by atoms with Crippen LogP contribution >= 0.6 is 0 Å². The third-order valence-electron chi connectivity index (χ3n) is 4.46. The SMILES string of the molecule is Cc1ccc([C@@H](O)[C@H](C)[C@H](C)C(=O)N(C(C)C)C(C)C)cc1. The van der Waals surface area contributed by atoms with Gasteiger partial charge < -0.3 is 10.0 Å². The van der Waals surface area contributed by atoms with Crippen molar-refractivity contribution in [3.63, 3.8) is 0 Å². The van der Waals surface area contributed by atoms with Crippen molar-refractivity contribution < 1.29 is 9.90 Å². The maximum atomic E-state index is 12.8. The molecule has 1 aromatic rings. The van der Waals surface area contributed by atoms with Crippen LogP contribution in [0.15, 0.2) is 24.3 Å². The first-order chi connectivity index (χ1) is 10.2. The smallest absolute Gasteiger partial charge is 0.226 e. The normalized spacial score (nSPS) is 15.7. The summed E-state index contributed by atoms with van der Waals surface area (Å²) < 4.78 is 0. The summed E-state index contributed by atoms with van der Waals surface area (Å²) in [4.78, 5) is 14.7. The number of carbonyl (C=O) groups is 1. The van der Waals surface area contributed by atoms with E-state index in [2.05, 4.69) is 0 Å². The standard InChI is InChI=1S/C19H31NO2/c1-12(2)20(13(3)4)19(22)16(7)15(6)18(21)17-10-8-14(5)9-11-17/h8-13,15-16,18,21H,1-7H3/t15-,16+,18+/m1/s1. The molecule has 0 spiro atoms. The Hall–Kier alpha value is -1.35. The highest BCUT2D eigenvalue weighted by Crippen LogP contribution is 2.30. The molecule has 0 aliphatic heterocycles. The molecule has 1 aromatic carbocycles. The molecule has 0 fully saturated rings. The van der Waals surface area contributed by atoms with E-state index >= 15 is 0 Å². The van der Waals surface area contributed by atoms with Crippen LogP contribution in [0.4, 0.5) is 0 Å². The molecule has 22 heavy (non-hydrogen) atoms. The summed E-state index contributed by atoms with van der Waals surface area (Å²) >= 11 is 0. The second-order valence-electron chi connectivity index (χ2n) is 6.94. The fraction of sp³-hybridized carbons (Fsp3) is 0.632. The summed E-state index contributed by atoms with van der Waals surface area (Å²) in [6, 6.07) is 8.20. The van der Waals surface area contributed by atoms with Crippen LogP contribution in [0.1, 0.15) is 58.8 Å². The number of hydrogen-bond donors (Lipinski definition) is 1. The van der Waals surface area contributed by atoms with Crippen LogP contribution in [0.2, 0.25) is 0 Å². The van der Waals surface area contributed by atoms with E-state index in [0.29, 0.717) is 0 Å². The van der Waals surface area contributed by atoms with Gasteiger partial charge in [-0.05, 0) is 46.1 Å². The zero-order valence-corrected chi connectivity index (χ0v) is 15.0. The number of rotatable bonds is 6. The van der Waals surface area contributed by atoms with E-state index in [1.54, 1.807) is 0 Å². The molecule has 0 heterocycles. The average molecular weight is 305 g/mol. The lowest BCUT2D eigenvalue weighted by Crippen LogP contribution is -2.46. The number of nitrogens with zero attached hydrogens (tertiary/aromatic N) is 1. The fourth-order valence-corrected chi connectivity index (χ4v) is 2.91. The largest absolute Gasteiger partial charge is 0.388 e. The number of amides is 1. The minimum Gasteiger partial charge on any atom is -0.388 e. The van der Waals surface area contributed by atoms with Crippen molar-refractivity contribution in [2.45, 2.75) is 66.7 Å². The first kappa shape index (κ1) is 18.7. The molecule has 0 aromatic heterocycles. The van der Waals surface area contributed by atoms with Crippen molar-refractivity contribution in [2.24, 2.45) is 11.8 Å². The number of carbonyl (C=O) groups excluding carboxylic acids is 1. The van der Waals surface area contributed by atoms with Gasteiger partial charge in [0.25, 0.3) is 0 Å². The van der Waals surface area contributed by atoms with Crippen molar-refractivity contribution in [2.75, 3.05) is 0 Å². The second kappa shape index (κ2) is 7.77. The van der Waals surface area contributed by atoms with Crippen molar-refractivity contribution in [3.8, 4) is 0 Å². The maximum absolute atomic E-state index is 12.8. The molecule has 0 saturated heterocycles. The average Bonchev–Trinajstić information content (AvgIpc) is 2.44. The lowest BCUT2D eigenvalue weighted by molar-refractivity contribution is -0.141. The molecule has 0 radical (unpaired) electrons. The van der Waals surface area contributed by atoms with Gasteiger partial charge in [-0.2, -0.15) is 0 Å². The van der Waals surface area contributed by atoms with Gasteiger partial charge in [-0.3, -0.25) is 4.79 Å². The molecule has 0 saturated carbocycles. The first-order valence-corrected chi connectivity index (χ1v) is 8.23. The predicted octanol–water partition coefficient (Wildman–Crippen LogP) is 3.95. The molecular weight excluding hydrogens is 274 g/mol. The summed E-state index contributed by atoms with van der Waals surface area (Å²) in [6.07, 6.45) is -0.624. The monoisotopic (exact) mass is 305 g/mol. The van der Waals surface area contributed by atoms with Gasteiger partial charge in [0.15, 0.2) is 0 Å². The molecule has 1 rings (SSSR count). The van der Waals surface area contributed by atoms with Crippen molar-refractivity contribution in [1.29, 1.82) is 0 Å². The highest BCUT2D eigenvalue weighted by atomic mass is 16.3. The van der Waals surface area contributed by atoms with Crippen LogP contribution in [0, 0.1) is 18.8 Å². The summed E-state index contributed by atoms with van der Waals surface area (Å²) in [6.45, 7) is 14.0. The molecule has 0 bridgehead atoms. The molecule has 0 unspecified atom stereocenters. The van der Waals surface area contributed by atoms with Crippen LogP contribution in [-0.2, 0) is 4.79 Å². The van der Waals surface area contributed by atoms with E-state index in [0.717, 1.165) is 5.56 Å². The number of hydrogen-bond acceptors (Lipinski definition) is 2. The topological polar surface area (TPSA) is 40.5 Å². The lowest BCUT2D eigenvalue weighted by atomic mass is 9.85. The van der Waals surface area contributed by atoms with Gasteiger partial charge >= 0.3 is 0 Å². The number of aliphatic hydroxyl groups is 1. The predicted molar refractivity (Wildman–Crippen MR) is 91.6 cm³/mol. The van der Waals surface area contributed by atoms with Gasteiger partial charge in [0, 0.05) is 18.0 Å². The minimum atomic E-state index is -0.624. The molecule has 3 nitrogen and oxygen atoms in total. The van der Waals surface area contributed by atoms with E-state index in [4.69, 9.17) is 0 Å². The Kier molecular flexibility index (Phi) is 6.61. The van der Waals surface area contributed by atoms with Crippen LogP contribution < -0.4 is 0 Å². The minimum absolute atomic E-state index is 0.115. The van der Waals surface area contributed by atoms with Crippen LogP contribution in [-0.4, -0.2) is 28.0 Å². The number of aliphatic hydroxyl groups excluding tert-OH is 1. The van der Waals surface area contributed by atoms with Crippen molar-refractivity contribution >= 4 is 5.91 Å². The first-order valence-electron chi connectivity index (χ1n) is 8.23. The lowest BCUT2D eigenvalue weighted by Gasteiger charge is -2.35. The molecule has 0 aliphatic carbocycles. The van der Waals surface area contributed by atoms with Gasteiger partial charge in [-0.1, -0.05) is 43.7 Å². The Morgan fingerprint density at radius 3 is 1.82 bits per heavy atom. The Morgan fingerprint density at radius 1 is 0.955 bits per heavy atom. The zero-order valence-electron chi connectivity index (χ0n) is 15.0. The highest BCUT2D eigenvalue weighted by Gasteiger charge is 2.32. The van der Waals surface area contributed by atoms with E-state index in [-0.39, 0.29) is 29.8 Å². The van der Waals surface area contributed by atoms with Gasteiger partial charge in [-0.15, -0.1) is 0 Å². The van der Waals surface area contributed by atoms with Gasteiger partial charge in [0.05, 0.1) is 6.10 Å². The van der Waals surface area contributed by atoms with Crippen LogP contribution in [0.5, 0.6) is 0 Å². The van der Waals surface area contributed by atoms with Crippen LogP contribution in [0.3, 0.4) is 0 Å². The van der Waals surface area contributed by atoms with Gasteiger partial charge in [0.1, 0.15) is 0 Å². The third kappa shape index (κ3) is 4.33. The van der Waals surface area contributed by atoms with E-state index < -0.39 is 6.10 Å². The van der Waals surface area contributed by atoms with Crippen LogP contribution in [0.25, 0.3) is 0 Å². The summed E-state index contributed by atoms with van der Waals surface area (Å²) in [5.41, 5.74) is 2.04. The summed E-state index contributed by atoms with van der Waals surface area (Å²) in [7, 11) is 0. The van der Waals surface area contributed by atoms with E-state index in [1.807, 2.05) is 77.6 Å². The molecule has 1 amide bonds. The Morgan fingerprint density at radius 2 is 1.41 bits per heavy atom. The molecule has 1 N–H and O–H groups in total. The van der Waals surface area contributed by atoms with E-state index in [9.17, 15) is 9.90 Å². The second-order valence-corrected chi connectivity index (χ2v) is 6.94. The third-order valence-corrected chi connectivity index (χ3v) is 4.46. The van der Waals surface area contributed by atoms with Crippen molar-refractivity contribution in [1.82, 2.24) is 4.90 Å². The highest BCUT2D eigenvalue weighted by molar-refractivity contribution is 5.79. The molecule has 3 heteroatoms. The molecule has 124 valence electrons. The number of benzene rings is 1. The van der Waals surface area contributed by atoms with Gasteiger partial charge in [0.2, 0.25) is 5.91 Å². The fourth-order valence-electron chi connectivity index (χ4n) is 2.91. The van der Waals surface area contributed by atoms with Gasteiger partial charge in [-0.25, -0.2) is 0 Å². The van der Waals surface area contributed by atoms with E-state index in [1.165, 1.54) is 5.56 Å². The quantitative estimate of drug-likeness (QED) is 0.864. The molecular formula is C19H31NO2. The maximum Gasteiger partial charge on any atom is 0.226 e.